The lowest BCUT2D eigenvalue weighted by Crippen LogP contribution is -2.32. The molecule has 0 N–H and O–H groups in total. The van der Waals surface area contributed by atoms with Gasteiger partial charge in [-0.2, -0.15) is 4.57 Å². The average Bonchev–Trinajstić information content (AvgIpc) is 3.18. The van der Waals surface area contributed by atoms with E-state index in [-0.39, 0.29) is 0 Å². The Labute approximate surface area is 206 Å². The molecule has 0 aliphatic heterocycles. The van der Waals surface area contributed by atoms with Crippen LogP contribution >= 0.6 is 33.9 Å². The molecule has 0 unspecified atom stereocenters. The van der Waals surface area contributed by atoms with Gasteiger partial charge in [0.15, 0.2) is 4.55 Å². The third kappa shape index (κ3) is 4.61. The highest BCUT2D eigenvalue weighted by molar-refractivity contribution is 14.1. The molecule has 6 heteroatoms. The number of methoxy groups -OCH3 is 2. The maximum atomic E-state index is 5.44. The minimum absolute atomic E-state index is 0.854. The minimum atomic E-state index is 0.854. The first-order chi connectivity index (χ1) is 15.5. The zero-order valence-corrected chi connectivity index (χ0v) is 21.6. The van der Waals surface area contributed by atoms with Crippen molar-refractivity contribution in [2.45, 2.75) is 4.55 Å². The summed E-state index contributed by atoms with van der Waals surface area (Å²) in [6.07, 6.45) is 2.29. The van der Waals surface area contributed by atoms with E-state index in [0.29, 0.717) is 0 Å². The van der Waals surface area contributed by atoms with Crippen LogP contribution in [0.3, 0.4) is 0 Å². The van der Waals surface area contributed by atoms with Crippen LogP contribution in [-0.2, 0) is 4.55 Å². The third-order valence-corrected chi connectivity index (χ3v) is 7.20. The molecule has 0 aliphatic carbocycles. The molecule has 0 atom stereocenters. The summed E-state index contributed by atoms with van der Waals surface area (Å²) < 4.78 is 15.2. The first-order valence-electron chi connectivity index (χ1n) is 10.2. The number of aromatic nitrogens is 1. The molecule has 0 bridgehead atoms. The predicted octanol–water partition coefficient (Wildman–Crippen LogP) is 6.25. The first-order valence-corrected chi connectivity index (χ1v) is 12.6. The Morgan fingerprint density at radius 2 is 1.50 bits per heavy atom. The summed E-state index contributed by atoms with van der Waals surface area (Å²) in [5.74, 6) is 1.73. The fourth-order valence-electron chi connectivity index (χ4n) is 3.61. The second-order valence-electron chi connectivity index (χ2n) is 7.55. The number of rotatable bonds is 7. The Bertz CT molecular complexity index is 1250. The van der Waals surface area contributed by atoms with Crippen LogP contribution in [0.25, 0.3) is 21.9 Å². The summed E-state index contributed by atoms with van der Waals surface area (Å²) in [6.45, 7) is 0. The van der Waals surface area contributed by atoms with E-state index in [1.54, 1.807) is 25.6 Å². The van der Waals surface area contributed by atoms with Gasteiger partial charge in [0, 0.05) is 38.0 Å². The zero-order chi connectivity index (χ0) is 22.7. The number of nitrogens with zero attached hydrogens (tertiary/aromatic N) is 2. The van der Waals surface area contributed by atoms with Crippen molar-refractivity contribution in [2.24, 2.45) is 0 Å². The molecule has 4 aromatic rings. The number of thiazole rings is 1. The number of alkyl halides is 1. The van der Waals surface area contributed by atoms with Gasteiger partial charge in [-0.15, -0.1) is 0 Å². The van der Waals surface area contributed by atoms with E-state index in [9.17, 15) is 0 Å². The van der Waals surface area contributed by atoms with E-state index >= 15 is 0 Å². The SMILES string of the molecule is COc1ccc(/C(=C/c2sc3cc(OC)ccc3[n+]2CI)c2ccc(N(C)C)cc2)cc1. The Balaban J connectivity index is 1.88. The zero-order valence-electron chi connectivity index (χ0n) is 18.6. The highest BCUT2D eigenvalue weighted by Gasteiger charge is 2.20. The Kier molecular flexibility index (Phi) is 7.01. The summed E-state index contributed by atoms with van der Waals surface area (Å²) in [7, 11) is 7.52. The highest BCUT2D eigenvalue weighted by Crippen LogP contribution is 2.32. The lowest BCUT2D eigenvalue weighted by molar-refractivity contribution is -0.641. The molecule has 32 heavy (non-hydrogen) atoms. The maximum Gasteiger partial charge on any atom is 0.264 e. The van der Waals surface area contributed by atoms with Crippen LogP contribution in [0, 0.1) is 0 Å². The monoisotopic (exact) mass is 557 g/mol. The number of halogens is 1. The van der Waals surface area contributed by atoms with E-state index in [2.05, 4.69) is 101 Å². The molecule has 0 amide bonds. The standard InChI is InChI=1S/C26H26IN2O2S/c1-28(2)20-9-5-18(6-10-20)23(19-7-11-21(30-3)12-8-19)16-26-29(17-27)24-14-13-22(31-4)15-25(24)32-26/h5-16H,17H2,1-4H3/q+1. The molecule has 0 saturated carbocycles. The normalized spacial score (nSPS) is 11.6. The summed E-state index contributed by atoms with van der Waals surface area (Å²) in [6, 6.07) is 23.2. The van der Waals surface area contributed by atoms with E-state index in [0.717, 1.165) is 21.6 Å². The van der Waals surface area contributed by atoms with Gasteiger partial charge in [-0.05, 0) is 69.6 Å². The van der Waals surface area contributed by atoms with E-state index in [1.807, 2.05) is 18.2 Å². The van der Waals surface area contributed by atoms with Crippen LogP contribution < -0.4 is 18.9 Å². The van der Waals surface area contributed by atoms with Crippen LogP contribution in [0.2, 0.25) is 0 Å². The average molecular weight is 557 g/mol. The van der Waals surface area contributed by atoms with E-state index < -0.39 is 0 Å². The molecule has 0 spiro atoms. The molecule has 0 fully saturated rings. The highest BCUT2D eigenvalue weighted by atomic mass is 127. The lowest BCUT2D eigenvalue weighted by atomic mass is 9.97. The second kappa shape index (κ2) is 9.92. The number of hydrogen-bond acceptors (Lipinski definition) is 4. The van der Waals surface area contributed by atoms with Crippen molar-refractivity contribution in [2.75, 3.05) is 33.2 Å². The predicted molar refractivity (Wildman–Crippen MR) is 143 cm³/mol. The topological polar surface area (TPSA) is 25.6 Å². The van der Waals surface area contributed by atoms with Gasteiger partial charge in [-0.3, -0.25) is 0 Å². The largest absolute Gasteiger partial charge is 0.497 e. The Morgan fingerprint density at radius 1 is 0.906 bits per heavy atom. The minimum Gasteiger partial charge on any atom is -0.497 e. The molecule has 1 aromatic heterocycles. The van der Waals surface area contributed by atoms with Gasteiger partial charge in [-0.25, -0.2) is 0 Å². The van der Waals surface area contributed by atoms with Gasteiger partial charge in [-0.1, -0.05) is 35.6 Å². The third-order valence-electron chi connectivity index (χ3n) is 5.42. The van der Waals surface area contributed by atoms with Gasteiger partial charge < -0.3 is 14.4 Å². The molecule has 0 saturated heterocycles. The molecule has 3 aromatic carbocycles. The van der Waals surface area contributed by atoms with Crippen molar-refractivity contribution in [1.29, 1.82) is 0 Å². The maximum absolute atomic E-state index is 5.44. The van der Waals surface area contributed by atoms with Gasteiger partial charge >= 0.3 is 0 Å². The second-order valence-corrected chi connectivity index (χ2v) is 9.29. The van der Waals surface area contributed by atoms with Gasteiger partial charge in [0.2, 0.25) is 5.52 Å². The Morgan fingerprint density at radius 3 is 2.06 bits per heavy atom. The summed E-state index contributed by atoms with van der Waals surface area (Å²) >= 11 is 4.21. The number of benzene rings is 3. The number of ether oxygens (including phenoxy) is 2. The number of hydrogen-bond donors (Lipinski definition) is 0. The summed E-state index contributed by atoms with van der Waals surface area (Å²) in [4.78, 5) is 2.12. The lowest BCUT2D eigenvalue weighted by Gasteiger charge is -2.14. The van der Waals surface area contributed by atoms with Crippen molar-refractivity contribution in [3.05, 3.63) is 82.9 Å². The molecule has 1 heterocycles. The number of anilines is 1. The number of fused-ring (bicyclic) bond motifs is 1. The van der Waals surface area contributed by atoms with Crippen LogP contribution in [-0.4, -0.2) is 28.3 Å². The van der Waals surface area contributed by atoms with Gasteiger partial charge in [0.25, 0.3) is 5.01 Å². The van der Waals surface area contributed by atoms with Crippen molar-refractivity contribution in [3.8, 4) is 11.5 Å². The van der Waals surface area contributed by atoms with Crippen molar-refractivity contribution in [1.82, 2.24) is 0 Å². The van der Waals surface area contributed by atoms with Crippen molar-refractivity contribution in [3.63, 3.8) is 0 Å². The van der Waals surface area contributed by atoms with Gasteiger partial charge in [0.05, 0.1) is 14.2 Å². The van der Waals surface area contributed by atoms with Crippen LogP contribution in [0.15, 0.2) is 66.7 Å². The molecule has 0 radical (unpaired) electrons. The summed E-state index contributed by atoms with van der Waals surface area (Å²) in [5, 5.41) is 1.20. The molecular weight excluding hydrogens is 531 g/mol. The fourth-order valence-corrected chi connectivity index (χ4v) is 5.71. The van der Waals surface area contributed by atoms with Crippen molar-refractivity contribution >= 4 is 61.5 Å². The van der Waals surface area contributed by atoms with Gasteiger partial charge in [0.1, 0.15) is 16.2 Å². The van der Waals surface area contributed by atoms with E-state index in [4.69, 9.17) is 9.47 Å². The fraction of sp³-hybridized carbons (Fsp3) is 0.192. The summed E-state index contributed by atoms with van der Waals surface area (Å²) in [5.41, 5.74) is 5.90. The van der Waals surface area contributed by atoms with E-state index in [1.165, 1.54) is 32.0 Å². The van der Waals surface area contributed by atoms with Crippen molar-refractivity contribution < 1.29 is 14.0 Å². The molecule has 4 nitrogen and oxygen atoms in total. The van der Waals surface area contributed by atoms with Crippen LogP contribution in [0.1, 0.15) is 16.1 Å². The smallest absolute Gasteiger partial charge is 0.264 e. The van der Waals surface area contributed by atoms with Crippen LogP contribution in [0.4, 0.5) is 5.69 Å². The van der Waals surface area contributed by atoms with Crippen LogP contribution in [0.5, 0.6) is 11.5 Å². The Hall–Kier alpha value is -2.58. The first kappa shape index (κ1) is 22.6. The molecular formula is C26H26IN2O2S+. The molecule has 4 rings (SSSR count). The quantitative estimate of drug-likeness (QED) is 0.153. The molecule has 0 aliphatic rings. The molecule has 164 valence electrons.